The summed E-state index contributed by atoms with van der Waals surface area (Å²) in [6, 6.07) is 10.4. The molecule has 1 N–H and O–H groups in total. The van der Waals surface area contributed by atoms with Gasteiger partial charge in [-0.25, -0.2) is 9.97 Å². The topological polar surface area (TPSA) is 88.3 Å². The molecule has 7 nitrogen and oxygen atoms in total. The average Bonchev–Trinajstić information content (AvgIpc) is 3.27. The third-order valence-electron chi connectivity index (χ3n) is 5.13. The Labute approximate surface area is 175 Å². The first-order valence-corrected chi connectivity index (χ1v) is 9.87. The molecule has 7 heteroatoms. The van der Waals surface area contributed by atoms with Crippen molar-refractivity contribution in [3.05, 3.63) is 77.8 Å². The van der Waals surface area contributed by atoms with Gasteiger partial charge >= 0.3 is 0 Å². The maximum atomic E-state index is 13.2. The molecule has 1 atom stereocenters. The number of carbonyl (C=O) groups is 2. The second kappa shape index (κ2) is 7.74. The van der Waals surface area contributed by atoms with E-state index in [1.54, 1.807) is 29.4 Å². The van der Waals surface area contributed by atoms with E-state index in [0.717, 1.165) is 11.1 Å². The number of anilines is 1. The van der Waals surface area contributed by atoms with Crippen LogP contribution in [0.5, 0.6) is 0 Å². The number of nitrogens with zero attached hydrogens (tertiary/aromatic N) is 3. The Kier molecular flexibility index (Phi) is 5.11. The summed E-state index contributed by atoms with van der Waals surface area (Å²) in [6.45, 7) is 6.42. The van der Waals surface area contributed by atoms with Gasteiger partial charge in [0.1, 0.15) is 11.9 Å². The maximum absolute atomic E-state index is 13.2. The molecule has 1 aliphatic rings. The Bertz CT molecular complexity index is 1050. The number of hydrogen-bond acceptors (Lipinski definition) is 5. The van der Waals surface area contributed by atoms with Gasteiger partial charge in [0.05, 0.1) is 24.3 Å². The molecule has 2 amide bonds. The molecule has 0 radical (unpaired) electrons. The molecular weight excluding hydrogens is 380 g/mol. The summed E-state index contributed by atoms with van der Waals surface area (Å²) in [5.74, 6) is 0.317. The molecule has 154 valence electrons. The average molecular weight is 404 g/mol. The van der Waals surface area contributed by atoms with E-state index in [-0.39, 0.29) is 23.0 Å². The number of benzene rings is 1. The number of amides is 2. The van der Waals surface area contributed by atoms with Gasteiger partial charge in [-0.05, 0) is 23.3 Å². The first-order valence-electron chi connectivity index (χ1n) is 9.87. The molecule has 1 aliphatic heterocycles. The molecule has 3 heterocycles. The summed E-state index contributed by atoms with van der Waals surface area (Å²) in [5, 5.41) is 2.86. The fraction of sp³-hybridized carbons (Fsp3) is 0.304. The first-order chi connectivity index (χ1) is 14.3. The number of nitrogens with one attached hydrogen (secondary N) is 1. The van der Waals surface area contributed by atoms with E-state index in [1.807, 2.05) is 45.0 Å². The van der Waals surface area contributed by atoms with E-state index in [4.69, 9.17) is 4.42 Å². The second-order valence-electron chi connectivity index (χ2n) is 8.43. The highest BCUT2D eigenvalue weighted by Gasteiger charge is 2.36. The normalized spacial score (nSPS) is 16.1. The summed E-state index contributed by atoms with van der Waals surface area (Å²) in [6.07, 6.45) is 5.07. The van der Waals surface area contributed by atoms with Crippen LogP contribution >= 0.6 is 0 Å². The van der Waals surface area contributed by atoms with Crippen LogP contribution in [0.4, 0.5) is 5.69 Å². The van der Waals surface area contributed by atoms with Gasteiger partial charge in [-0.1, -0.05) is 45.0 Å². The fourth-order valence-electron chi connectivity index (χ4n) is 3.52. The predicted molar refractivity (Wildman–Crippen MR) is 112 cm³/mol. The molecule has 1 aromatic carbocycles. The van der Waals surface area contributed by atoms with Gasteiger partial charge in [-0.15, -0.1) is 0 Å². The minimum Gasteiger partial charge on any atom is -0.459 e. The molecule has 0 fully saturated rings. The first kappa shape index (κ1) is 19.8. The highest BCUT2D eigenvalue weighted by Crippen LogP contribution is 2.26. The van der Waals surface area contributed by atoms with Crippen molar-refractivity contribution in [1.29, 1.82) is 0 Å². The maximum Gasteiger partial charge on any atom is 0.290 e. The van der Waals surface area contributed by atoms with Crippen molar-refractivity contribution in [2.45, 2.75) is 45.2 Å². The van der Waals surface area contributed by atoms with Crippen molar-refractivity contribution in [2.75, 3.05) is 5.32 Å². The third-order valence-corrected chi connectivity index (χ3v) is 5.13. The van der Waals surface area contributed by atoms with E-state index in [1.165, 1.54) is 6.26 Å². The summed E-state index contributed by atoms with van der Waals surface area (Å²) in [5.41, 5.74) is 2.40. The molecule has 0 unspecified atom stereocenters. The van der Waals surface area contributed by atoms with E-state index < -0.39 is 6.04 Å². The van der Waals surface area contributed by atoms with Crippen LogP contribution in [0.25, 0.3) is 0 Å². The van der Waals surface area contributed by atoms with Gasteiger partial charge in [0.2, 0.25) is 5.91 Å². The lowest BCUT2D eigenvalue weighted by molar-refractivity contribution is -0.121. The van der Waals surface area contributed by atoms with E-state index in [0.29, 0.717) is 24.5 Å². The summed E-state index contributed by atoms with van der Waals surface area (Å²) < 4.78 is 5.28. The van der Waals surface area contributed by atoms with Crippen molar-refractivity contribution in [3.8, 4) is 0 Å². The van der Waals surface area contributed by atoms with Crippen LogP contribution in [-0.4, -0.2) is 32.7 Å². The Morgan fingerprint density at radius 1 is 1.07 bits per heavy atom. The van der Waals surface area contributed by atoms with Crippen LogP contribution in [0.1, 0.15) is 48.3 Å². The summed E-state index contributed by atoms with van der Waals surface area (Å²) in [4.78, 5) is 36.4. The van der Waals surface area contributed by atoms with Crippen molar-refractivity contribution < 1.29 is 14.0 Å². The number of carbonyl (C=O) groups excluding carboxylic acids is 2. The Morgan fingerprint density at radius 3 is 2.40 bits per heavy atom. The smallest absolute Gasteiger partial charge is 0.290 e. The molecule has 0 bridgehead atoms. The molecule has 0 saturated carbocycles. The molecule has 0 spiro atoms. The van der Waals surface area contributed by atoms with Gasteiger partial charge in [-0.3, -0.25) is 9.59 Å². The quantitative estimate of drug-likeness (QED) is 0.721. The lowest BCUT2D eigenvalue weighted by Gasteiger charge is -2.35. The van der Waals surface area contributed by atoms with Gasteiger partial charge < -0.3 is 14.6 Å². The minimum atomic E-state index is -0.667. The molecule has 0 saturated heterocycles. The number of fused-ring (bicyclic) bond motifs is 1. The third kappa shape index (κ3) is 3.96. The lowest BCUT2D eigenvalue weighted by atomic mass is 9.93. The van der Waals surface area contributed by atoms with E-state index in [2.05, 4.69) is 15.3 Å². The van der Waals surface area contributed by atoms with E-state index in [9.17, 15) is 9.59 Å². The van der Waals surface area contributed by atoms with E-state index >= 15 is 0 Å². The van der Waals surface area contributed by atoms with Crippen LogP contribution in [-0.2, 0) is 23.2 Å². The van der Waals surface area contributed by atoms with Crippen molar-refractivity contribution in [3.63, 3.8) is 0 Å². The monoisotopic (exact) mass is 404 g/mol. The number of hydrogen-bond donors (Lipinski definition) is 1. The number of aromatic nitrogens is 2. The zero-order chi connectivity index (χ0) is 21.3. The van der Waals surface area contributed by atoms with Crippen LogP contribution in [0.2, 0.25) is 0 Å². The second-order valence-corrected chi connectivity index (χ2v) is 8.43. The summed E-state index contributed by atoms with van der Waals surface area (Å²) >= 11 is 0. The number of furan rings is 1. The fourth-order valence-corrected chi connectivity index (χ4v) is 3.52. The van der Waals surface area contributed by atoms with Gasteiger partial charge in [0.25, 0.3) is 5.91 Å². The van der Waals surface area contributed by atoms with Gasteiger partial charge in [-0.2, -0.15) is 0 Å². The van der Waals surface area contributed by atoms with Crippen LogP contribution in [0, 0.1) is 0 Å². The molecule has 2 aromatic heterocycles. The molecular formula is C23H24N4O3. The SMILES string of the molecule is CC(C)(C)c1ncc(NC(=O)[C@H]2Cc3ccccc3CN2C(=O)c2ccco2)cn1. The Balaban J connectivity index is 1.59. The Morgan fingerprint density at radius 2 is 1.77 bits per heavy atom. The summed E-state index contributed by atoms with van der Waals surface area (Å²) in [7, 11) is 0. The zero-order valence-corrected chi connectivity index (χ0v) is 17.3. The lowest BCUT2D eigenvalue weighted by Crippen LogP contribution is -2.50. The molecule has 0 aliphatic carbocycles. The number of rotatable bonds is 3. The highest BCUT2D eigenvalue weighted by atomic mass is 16.3. The zero-order valence-electron chi connectivity index (χ0n) is 17.3. The standard InChI is InChI=1S/C23H24N4O3/c1-23(2,3)22-24-12-17(13-25-22)26-20(28)18-11-15-7-4-5-8-16(15)14-27(18)21(29)19-9-6-10-30-19/h4-10,12-13,18H,11,14H2,1-3H3,(H,26,28)/t18-/m1/s1. The Hall–Kier alpha value is -3.48. The molecule has 30 heavy (non-hydrogen) atoms. The van der Waals surface area contributed by atoms with Gasteiger partial charge in [0.15, 0.2) is 5.76 Å². The minimum absolute atomic E-state index is 0.179. The highest BCUT2D eigenvalue weighted by molar-refractivity contribution is 6.00. The van der Waals surface area contributed by atoms with Crippen LogP contribution in [0.15, 0.2) is 59.5 Å². The van der Waals surface area contributed by atoms with Crippen LogP contribution < -0.4 is 5.32 Å². The molecule has 3 aromatic rings. The predicted octanol–water partition coefficient (Wildman–Crippen LogP) is 3.57. The van der Waals surface area contributed by atoms with Crippen molar-refractivity contribution in [1.82, 2.24) is 14.9 Å². The van der Waals surface area contributed by atoms with Crippen molar-refractivity contribution in [2.24, 2.45) is 0 Å². The van der Waals surface area contributed by atoms with Crippen molar-refractivity contribution >= 4 is 17.5 Å². The molecule has 4 rings (SSSR count). The van der Waals surface area contributed by atoms with Gasteiger partial charge in [0, 0.05) is 18.4 Å². The van der Waals surface area contributed by atoms with Crippen LogP contribution in [0.3, 0.4) is 0 Å². The largest absolute Gasteiger partial charge is 0.459 e.